The molecule has 236 valence electrons. The SMILES string of the molecule is CCc1cc(Oc2[c-]c3c(cc2)c2ccccc2n3-c2cc(C)ccn2)[c-]c(-n2nc(C)c(C3C(C)=C[C@H](C)C[C@@H]3C)c2C)c1.[Pt+2]. The molecule has 0 N–H and O–H groups in total. The first-order valence-electron chi connectivity index (χ1n) is 16.1. The van der Waals surface area contributed by atoms with Crippen LogP contribution in [0.2, 0.25) is 0 Å². The molecule has 6 heteroatoms. The molecular formula is C40H40N4OPt. The number of hydrogen-bond donors (Lipinski definition) is 0. The quantitative estimate of drug-likeness (QED) is 0.125. The van der Waals surface area contributed by atoms with Gasteiger partial charge in [0, 0.05) is 40.4 Å². The normalized spacial score (nSPS) is 18.1. The van der Waals surface area contributed by atoms with Crippen molar-refractivity contribution < 1.29 is 25.8 Å². The Morgan fingerprint density at radius 2 is 1.72 bits per heavy atom. The van der Waals surface area contributed by atoms with Gasteiger partial charge in [-0.05, 0) is 80.8 Å². The standard InChI is InChI=1S/C40H40N4O.Pt/c1-8-30-20-31(44-29(7)40(28(6)42-44)39-26(4)17-25(3)18-27(39)5)22-33(21-30)45-32-13-14-35-34-11-9-10-12-36(34)43(37(35)23-32)38-19-24(2)15-16-41-38;/h9-17,19-21,25,27,39H,8,18H2,1-7H3;/q-2;+2/t25-,27-,39?;/m0./s1. The summed E-state index contributed by atoms with van der Waals surface area (Å²) in [5.74, 6) is 3.73. The molecule has 3 heterocycles. The van der Waals surface area contributed by atoms with Crippen molar-refractivity contribution in [2.45, 2.75) is 67.2 Å². The number of pyridine rings is 1. The fraction of sp³-hybridized carbons (Fsp3) is 0.300. The van der Waals surface area contributed by atoms with Crippen LogP contribution in [0.15, 0.2) is 78.5 Å². The van der Waals surface area contributed by atoms with Gasteiger partial charge in [-0.1, -0.05) is 62.6 Å². The monoisotopic (exact) mass is 787 g/mol. The molecule has 5 nitrogen and oxygen atoms in total. The molecule has 1 aliphatic carbocycles. The Bertz CT molecular complexity index is 2100. The number of hydrogen-bond acceptors (Lipinski definition) is 3. The number of para-hydroxylation sites is 1. The van der Waals surface area contributed by atoms with E-state index in [1.807, 2.05) is 18.3 Å². The summed E-state index contributed by atoms with van der Waals surface area (Å²) in [6.45, 7) is 15.6. The molecule has 0 saturated carbocycles. The van der Waals surface area contributed by atoms with Gasteiger partial charge < -0.3 is 9.30 Å². The van der Waals surface area contributed by atoms with Crippen molar-refractivity contribution in [1.29, 1.82) is 0 Å². The van der Waals surface area contributed by atoms with Crippen LogP contribution in [0.3, 0.4) is 0 Å². The van der Waals surface area contributed by atoms with Crippen molar-refractivity contribution >= 4 is 21.8 Å². The van der Waals surface area contributed by atoms with Crippen LogP contribution in [0.1, 0.15) is 68.1 Å². The van der Waals surface area contributed by atoms with Gasteiger partial charge in [0.1, 0.15) is 5.82 Å². The molecule has 1 aliphatic rings. The van der Waals surface area contributed by atoms with Crippen LogP contribution in [0, 0.1) is 44.7 Å². The van der Waals surface area contributed by atoms with Crippen molar-refractivity contribution in [2.75, 3.05) is 0 Å². The summed E-state index contributed by atoms with van der Waals surface area (Å²) in [6, 6.07) is 28.0. The second-order valence-electron chi connectivity index (χ2n) is 12.9. The third kappa shape index (κ3) is 5.64. The predicted octanol–water partition coefficient (Wildman–Crippen LogP) is 9.95. The van der Waals surface area contributed by atoms with Crippen LogP contribution >= 0.6 is 0 Å². The number of benzene rings is 3. The van der Waals surface area contributed by atoms with Crippen LogP contribution in [-0.2, 0) is 27.5 Å². The first kappa shape index (κ1) is 32.0. The average Bonchev–Trinajstić information content (AvgIpc) is 3.49. The van der Waals surface area contributed by atoms with Gasteiger partial charge in [0.05, 0.1) is 5.69 Å². The summed E-state index contributed by atoms with van der Waals surface area (Å²) in [6.07, 6.45) is 6.37. The number of aryl methyl sites for hydroxylation is 3. The molecule has 0 fully saturated rings. The Balaban J connectivity index is 0.00000372. The van der Waals surface area contributed by atoms with E-state index >= 15 is 0 Å². The molecule has 3 atom stereocenters. The summed E-state index contributed by atoms with van der Waals surface area (Å²) < 4.78 is 10.8. The Labute approximate surface area is 286 Å². The van der Waals surface area contributed by atoms with Gasteiger partial charge in [0.15, 0.2) is 0 Å². The van der Waals surface area contributed by atoms with E-state index in [-0.39, 0.29) is 21.1 Å². The van der Waals surface area contributed by atoms with Gasteiger partial charge in [-0.2, -0.15) is 16.7 Å². The van der Waals surface area contributed by atoms with Gasteiger partial charge >= 0.3 is 21.1 Å². The van der Waals surface area contributed by atoms with Crippen molar-refractivity contribution in [3.63, 3.8) is 0 Å². The third-order valence-corrected chi connectivity index (χ3v) is 9.44. The van der Waals surface area contributed by atoms with Gasteiger partial charge in [-0.3, -0.25) is 4.68 Å². The van der Waals surface area contributed by atoms with E-state index in [1.54, 1.807) is 0 Å². The summed E-state index contributed by atoms with van der Waals surface area (Å²) in [5, 5.41) is 7.34. The number of allylic oxidation sites excluding steroid dienone is 2. The van der Waals surface area contributed by atoms with E-state index in [4.69, 9.17) is 14.8 Å². The maximum Gasteiger partial charge on any atom is 2.00 e. The number of ether oxygens (including phenoxy) is 1. The molecule has 0 bridgehead atoms. The summed E-state index contributed by atoms with van der Waals surface area (Å²) in [7, 11) is 0. The zero-order chi connectivity index (χ0) is 31.4. The number of fused-ring (bicyclic) bond motifs is 3. The van der Waals surface area contributed by atoms with E-state index in [0.29, 0.717) is 29.3 Å². The molecule has 0 spiro atoms. The Morgan fingerprint density at radius 3 is 2.48 bits per heavy atom. The molecule has 6 aromatic rings. The summed E-state index contributed by atoms with van der Waals surface area (Å²) >= 11 is 0. The van der Waals surface area contributed by atoms with Gasteiger partial charge in [0.2, 0.25) is 0 Å². The van der Waals surface area contributed by atoms with Crippen molar-refractivity contribution in [3.8, 4) is 23.0 Å². The number of rotatable bonds is 6. The fourth-order valence-electron chi connectivity index (χ4n) is 7.53. The molecule has 0 amide bonds. The fourth-order valence-corrected chi connectivity index (χ4v) is 7.53. The third-order valence-electron chi connectivity index (χ3n) is 9.44. The predicted molar refractivity (Wildman–Crippen MR) is 183 cm³/mol. The van der Waals surface area contributed by atoms with Crippen molar-refractivity contribution in [3.05, 3.63) is 119 Å². The zero-order valence-electron chi connectivity index (χ0n) is 27.6. The molecule has 46 heavy (non-hydrogen) atoms. The molecule has 0 radical (unpaired) electrons. The molecular weight excluding hydrogens is 748 g/mol. The molecule has 3 aromatic heterocycles. The van der Waals surface area contributed by atoms with Crippen molar-refractivity contribution in [1.82, 2.24) is 19.3 Å². The van der Waals surface area contributed by atoms with Gasteiger partial charge in [-0.15, -0.1) is 35.7 Å². The maximum atomic E-state index is 6.55. The van der Waals surface area contributed by atoms with Crippen molar-refractivity contribution in [2.24, 2.45) is 11.8 Å². The van der Waals surface area contributed by atoms with E-state index in [0.717, 1.165) is 51.0 Å². The van der Waals surface area contributed by atoms with Gasteiger partial charge in [-0.25, -0.2) is 4.98 Å². The van der Waals surface area contributed by atoms with Crippen LogP contribution in [-0.4, -0.2) is 19.3 Å². The molecule has 0 saturated heterocycles. The van der Waals surface area contributed by atoms with E-state index in [9.17, 15) is 0 Å². The largest absolute Gasteiger partial charge is 2.00 e. The Morgan fingerprint density at radius 1 is 0.913 bits per heavy atom. The Kier molecular flexibility index (Phi) is 8.82. The van der Waals surface area contributed by atoms with Crippen LogP contribution in [0.25, 0.3) is 33.3 Å². The minimum absolute atomic E-state index is 0. The smallest absolute Gasteiger partial charge is 0.509 e. The molecule has 1 unspecified atom stereocenters. The van der Waals surface area contributed by atoms with Gasteiger partial charge in [0.25, 0.3) is 0 Å². The second kappa shape index (κ2) is 12.7. The minimum atomic E-state index is 0. The van der Waals surface area contributed by atoms with E-state index in [1.165, 1.54) is 28.8 Å². The van der Waals surface area contributed by atoms with Crippen LogP contribution in [0.5, 0.6) is 11.5 Å². The van der Waals surface area contributed by atoms with E-state index in [2.05, 4.69) is 124 Å². The van der Waals surface area contributed by atoms with Crippen LogP contribution < -0.4 is 4.74 Å². The molecule has 3 aromatic carbocycles. The maximum absolute atomic E-state index is 6.55. The molecule has 7 rings (SSSR count). The topological polar surface area (TPSA) is 44.9 Å². The first-order chi connectivity index (χ1) is 21.7. The van der Waals surface area contributed by atoms with Crippen LogP contribution in [0.4, 0.5) is 0 Å². The van der Waals surface area contributed by atoms with E-state index < -0.39 is 0 Å². The first-order valence-corrected chi connectivity index (χ1v) is 16.1. The zero-order valence-corrected chi connectivity index (χ0v) is 29.9. The molecule has 0 aliphatic heterocycles. The average molecular weight is 788 g/mol. The minimum Gasteiger partial charge on any atom is -0.509 e. The Hall–Kier alpha value is -3.95. The second-order valence-corrected chi connectivity index (χ2v) is 12.9. The summed E-state index contributed by atoms with van der Waals surface area (Å²) in [4.78, 5) is 4.71. The number of nitrogens with zero attached hydrogens (tertiary/aromatic N) is 4. The number of aromatic nitrogens is 4. The summed E-state index contributed by atoms with van der Waals surface area (Å²) in [5.41, 5.74) is 10.3.